The third-order valence-corrected chi connectivity index (χ3v) is 4.25. The number of amides is 1. The zero-order chi connectivity index (χ0) is 14.4. The van der Waals surface area contributed by atoms with Crippen molar-refractivity contribution >= 4 is 63.5 Å². The molecule has 3 rings (SSSR count). The lowest BCUT2D eigenvalue weighted by atomic mass is 10.2. The summed E-state index contributed by atoms with van der Waals surface area (Å²) in [6.07, 6.45) is 0.338. The van der Waals surface area contributed by atoms with Gasteiger partial charge >= 0.3 is 5.97 Å². The second-order valence-corrected chi connectivity index (χ2v) is 5.80. The van der Waals surface area contributed by atoms with Gasteiger partial charge in [-0.05, 0) is 12.5 Å². The molecule has 1 heterocycles. The Bertz CT molecular complexity index is 733. The molecule has 2 unspecified atom stereocenters. The van der Waals surface area contributed by atoms with Gasteiger partial charge < -0.3 is 10.4 Å². The maximum Gasteiger partial charge on any atom is 0.307 e. The first kappa shape index (κ1) is 13.5. The smallest absolute Gasteiger partial charge is 0.307 e. The Balaban J connectivity index is 1.90. The number of halogens is 2. The molecular weight excluding hydrogens is 325 g/mol. The summed E-state index contributed by atoms with van der Waals surface area (Å²) in [7, 11) is 0. The second kappa shape index (κ2) is 4.83. The van der Waals surface area contributed by atoms with Crippen LogP contribution < -0.4 is 5.32 Å². The maximum atomic E-state index is 12.0. The molecule has 1 aliphatic rings. The molecular formula is C11H7Cl2N3O3S. The molecule has 104 valence electrons. The fourth-order valence-electron chi connectivity index (χ4n) is 1.97. The summed E-state index contributed by atoms with van der Waals surface area (Å²) in [5, 5.41) is 12.0. The minimum absolute atomic E-state index is 0.246. The summed E-state index contributed by atoms with van der Waals surface area (Å²) in [5.74, 6) is -2.49. The molecule has 0 radical (unpaired) electrons. The number of nitrogens with zero attached hydrogens (tertiary/aromatic N) is 2. The van der Waals surface area contributed by atoms with Crippen LogP contribution in [-0.2, 0) is 9.59 Å². The van der Waals surface area contributed by atoms with Crippen molar-refractivity contribution in [2.75, 3.05) is 5.32 Å². The van der Waals surface area contributed by atoms with Crippen LogP contribution in [0.5, 0.6) is 0 Å². The van der Waals surface area contributed by atoms with Crippen LogP contribution in [-0.4, -0.2) is 25.7 Å². The molecule has 0 aliphatic heterocycles. The first-order chi connectivity index (χ1) is 9.49. The number of anilines is 1. The number of rotatable bonds is 3. The van der Waals surface area contributed by atoms with Gasteiger partial charge in [-0.15, -0.1) is 0 Å². The molecule has 6 nitrogen and oxygen atoms in total. The van der Waals surface area contributed by atoms with Crippen molar-refractivity contribution in [2.24, 2.45) is 11.8 Å². The van der Waals surface area contributed by atoms with Crippen LogP contribution in [0.25, 0.3) is 11.0 Å². The zero-order valence-corrected chi connectivity index (χ0v) is 12.1. The van der Waals surface area contributed by atoms with Crippen LogP contribution in [0.1, 0.15) is 6.42 Å². The number of carboxylic acids is 1. The average Bonchev–Trinajstić information content (AvgIpc) is 3.04. The minimum atomic E-state index is -0.965. The molecule has 1 saturated carbocycles. The molecule has 0 saturated heterocycles. The first-order valence-corrected chi connectivity index (χ1v) is 7.11. The van der Waals surface area contributed by atoms with Crippen molar-refractivity contribution in [3.8, 4) is 0 Å². The highest BCUT2D eigenvalue weighted by Gasteiger charge is 2.48. The number of hydrogen-bond acceptors (Lipinski definition) is 5. The third kappa shape index (κ3) is 2.21. The molecule has 1 aliphatic carbocycles. The predicted molar refractivity (Wildman–Crippen MR) is 75.3 cm³/mol. The van der Waals surface area contributed by atoms with Crippen LogP contribution in [0.2, 0.25) is 10.0 Å². The highest BCUT2D eigenvalue weighted by Crippen LogP contribution is 2.41. The van der Waals surface area contributed by atoms with Gasteiger partial charge in [0.15, 0.2) is 0 Å². The Morgan fingerprint density at radius 2 is 1.95 bits per heavy atom. The molecule has 2 aromatic rings. The van der Waals surface area contributed by atoms with Gasteiger partial charge in [0.2, 0.25) is 5.91 Å². The summed E-state index contributed by atoms with van der Waals surface area (Å²) >= 11 is 13.0. The molecule has 1 aromatic heterocycles. The Hall–Kier alpha value is -1.44. The standard InChI is InChI=1S/C11H7Cl2N3O3S/c12-5-2-6(13)8-9(16-20-15-8)7(5)14-10(17)3-1-4(3)11(18)19/h2-4H,1H2,(H,14,17)(H,18,19). The lowest BCUT2D eigenvalue weighted by molar-refractivity contribution is -0.139. The van der Waals surface area contributed by atoms with Gasteiger partial charge in [0.05, 0.1) is 39.3 Å². The van der Waals surface area contributed by atoms with Crippen molar-refractivity contribution in [3.63, 3.8) is 0 Å². The number of carbonyl (C=O) groups excluding carboxylic acids is 1. The molecule has 2 atom stereocenters. The van der Waals surface area contributed by atoms with Crippen LogP contribution in [0.15, 0.2) is 6.07 Å². The van der Waals surface area contributed by atoms with Crippen molar-refractivity contribution in [3.05, 3.63) is 16.1 Å². The molecule has 1 fully saturated rings. The highest BCUT2D eigenvalue weighted by molar-refractivity contribution is 7.00. The second-order valence-electron chi connectivity index (χ2n) is 4.45. The van der Waals surface area contributed by atoms with E-state index < -0.39 is 17.8 Å². The van der Waals surface area contributed by atoms with Crippen molar-refractivity contribution in [1.29, 1.82) is 0 Å². The fourth-order valence-corrected chi connectivity index (χ4v) is 3.13. The van der Waals surface area contributed by atoms with Gasteiger partial charge in [0.25, 0.3) is 0 Å². The Labute approximate surface area is 127 Å². The molecule has 1 aromatic carbocycles. The third-order valence-electron chi connectivity index (χ3n) is 3.14. The summed E-state index contributed by atoms with van der Waals surface area (Å²) in [4.78, 5) is 22.7. The number of carboxylic acid groups (broad SMARTS) is 1. The minimum Gasteiger partial charge on any atom is -0.481 e. The van der Waals surface area contributed by atoms with E-state index in [1.54, 1.807) is 0 Å². The first-order valence-electron chi connectivity index (χ1n) is 5.63. The summed E-state index contributed by atoms with van der Waals surface area (Å²) < 4.78 is 8.08. The van der Waals surface area contributed by atoms with E-state index in [0.29, 0.717) is 28.2 Å². The number of fused-ring (bicyclic) bond motifs is 1. The van der Waals surface area contributed by atoms with E-state index in [1.165, 1.54) is 6.07 Å². The molecule has 0 bridgehead atoms. The molecule has 2 N–H and O–H groups in total. The van der Waals surface area contributed by atoms with Gasteiger partial charge in [-0.3, -0.25) is 9.59 Å². The normalized spacial score (nSPS) is 20.9. The number of nitrogens with one attached hydrogen (secondary N) is 1. The SMILES string of the molecule is O=C(O)C1CC1C(=O)Nc1c(Cl)cc(Cl)c2nsnc12. The lowest BCUT2D eigenvalue weighted by Crippen LogP contribution is -2.17. The summed E-state index contributed by atoms with van der Waals surface area (Å²) in [6.45, 7) is 0. The van der Waals surface area contributed by atoms with Crippen LogP contribution >= 0.6 is 34.9 Å². The van der Waals surface area contributed by atoms with Crippen molar-refractivity contribution in [1.82, 2.24) is 8.75 Å². The molecule has 20 heavy (non-hydrogen) atoms. The van der Waals surface area contributed by atoms with E-state index in [9.17, 15) is 9.59 Å². The van der Waals surface area contributed by atoms with E-state index in [1.807, 2.05) is 0 Å². The van der Waals surface area contributed by atoms with E-state index in [0.717, 1.165) is 11.7 Å². The van der Waals surface area contributed by atoms with E-state index in [-0.39, 0.29) is 10.9 Å². The largest absolute Gasteiger partial charge is 0.481 e. The number of aromatic nitrogens is 2. The Morgan fingerprint density at radius 1 is 1.25 bits per heavy atom. The highest BCUT2D eigenvalue weighted by atomic mass is 35.5. The monoisotopic (exact) mass is 331 g/mol. The quantitative estimate of drug-likeness (QED) is 0.901. The van der Waals surface area contributed by atoms with Crippen LogP contribution in [0.4, 0.5) is 5.69 Å². The Kier molecular flexibility index (Phi) is 3.27. The van der Waals surface area contributed by atoms with Gasteiger partial charge in [0.1, 0.15) is 11.0 Å². The average molecular weight is 332 g/mol. The van der Waals surface area contributed by atoms with Gasteiger partial charge in [-0.25, -0.2) is 0 Å². The summed E-state index contributed by atoms with van der Waals surface area (Å²) in [5.41, 5.74) is 1.19. The topological polar surface area (TPSA) is 92.2 Å². The van der Waals surface area contributed by atoms with Crippen LogP contribution in [0.3, 0.4) is 0 Å². The predicted octanol–water partition coefficient (Wildman–Crippen LogP) is 2.66. The number of aliphatic carboxylic acids is 1. The number of carbonyl (C=O) groups is 2. The lowest BCUT2D eigenvalue weighted by Gasteiger charge is -2.08. The van der Waals surface area contributed by atoms with E-state index >= 15 is 0 Å². The fraction of sp³-hybridized carbons (Fsp3) is 0.273. The molecule has 9 heteroatoms. The van der Waals surface area contributed by atoms with Crippen molar-refractivity contribution < 1.29 is 14.7 Å². The van der Waals surface area contributed by atoms with Gasteiger partial charge in [-0.2, -0.15) is 8.75 Å². The Morgan fingerprint density at radius 3 is 2.60 bits per heavy atom. The molecule has 0 spiro atoms. The van der Waals surface area contributed by atoms with Crippen molar-refractivity contribution in [2.45, 2.75) is 6.42 Å². The van der Waals surface area contributed by atoms with Crippen LogP contribution in [0, 0.1) is 11.8 Å². The molecule has 1 amide bonds. The maximum absolute atomic E-state index is 12.0. The van der Waals surface area contributed by atoms with Gasteiger partial charge in [0, 0.05) is 0 Å². The van der Waals surface area contributed by atoms with E-state index in [2.05, 4.69) is 14.1 Å². The zero-order valence-electron chi connectivity index (χ0n) is 9.76. The number of benzene rings is 1. The van der Waals surface area contributed by atoms with Gasteiger partial charge in [-0.1, -0.05) is 23.2 Å². The van der Waals surface area contributed by atoms with E-state index in [4.69, 9.17) is 28.3 Å². The summed E-state index contributed by atoms with van der Waals surface area (Å²) in [6, 6.07) is 1.48. The number of hydrogen-bond donors (Lipinski definition) is 2.